The van der Waals surface area contributed by atoms with Gasteiger partial charge in [0, 0.05) is 17.7 Å². The fraction of sp³-hybridized carbons (Fsp3) is 0.825. The maximum atomic E-state index is 6.93. The zero-order valence-corrected chi connectivity index (χ0v) is 59.8. The summed E-state index contributed by atoms with van der Waals surface area (Å²) in [6, 6.07) is 8.75. The third-order valence-corrected chi connectivity index (χ3v) is 18.1. The number of hydrogen-bond acceptors (Lipinski definition) is 8. The Morgan fingerprint density at radius 2 is 0.404 bits per heavy atom. The average molecular weight is 1240 g/mol. The van der Waals surface area contributed by atoms with Gasteiger partial charge in [-0.3, -0.25) is 0 Å². The number of benzene rings is 2. The van der Waals surface area contributed by atoms with Gasteiger partial charge in [0.2, 0.25) is 11.5 Å². The first-order chi connectivity index (χ1) is 44.1. The van der Waals surface area contributed by atoms with Gasteiger partial charge >= 0.3 is 0 Å². The summed E-state index contributed by atoms with van der Waals surface area (Å²) in [6.45, 7) is 20.7. The zero-order valence-electron chi connectivity index (χ0n) is 59.8. The molecule has 89 heavy (non-hydrogen) atoms. The topological polar surface area (TPSA) is 86.1 Å². The Kier molecular flexibility index (Phi) is 52.1. The monoisotopic (exact) mass is 1240 g/mol. The zero-order chi connectivity index (χ0) is 63.6. The third-order valence-electron chi connectivity index (χ3n) is 18.1. The van der Waals surface area contributed by atoms with Crippen LogP contribution in [-0.2, 0) is 6.54 Å². The van der Waals surface area contributed by atoms with Crippen molar-refractivity contribution in [3.63, 3.8) is 0 Å². The quantitative estimate of drug-likeness (QED) is 0.0517. The van der Waals surface area contributed by atoms with Crippen LogP contribution in [0.25, 0.3) is 22.8 Å². The minimum Gasteiger partial charge on any atom is -0.490 e. The predicted molar refractivity (Wildman–Crippen MR) is 384 cm³/mol. The Labute approximate surface area is 550 Å². The molecule has 0 N–H and O–H groups in total. The summed E-state index contributed by atoms with van der Waals surface area (Å²) in [6.07, 6.45) is 64.5. The maximum Gasteiger partial charge on any atom is 0.203 e. The number of rotatable bonds is 67. The molecular formula is C80H143N3O6. The van der Waals surface area contributed by atoms with Crippen LogP contribution in [0.1, 0.15) is 382 Å². The molecule has 0 aliphatic rings. The summed E-state index contributed by atoms with van der Waals surface area (Å²) < 4.78 is 43.8. The number of hydrogen-bond donors (Lipinski definition) is 0. The van der Waals surface area contributed by atoms with E-state index in [0.717, 1.165) is 141 Å². The molecule has 3 rings (SSSR count). The van der Waals surface area contributed by atoms with E-state index in [9.17, 15) is 0 Å². The van der Waals surface area contributed by atoms with E-state index in [1.807, 2.05) is 0 Å². The van der Waals surface area contributed by atoms with E-state index in [-0.39, 0.29) is 0 Å². The van der Waals surface area contributed by atoms with Gasteiger partial charge in [0.15, 0.2) is 34.6 Å². The van der Waals surface area contributed by atoms with Gasteiger partial charge in [0.25, 0.3) is 0 Å². The Morgan fingerprint density at radius 3 is 0.618 bits per heavy atom. The van der Waals surface area contributed by atoms with E-state index < -0.39 is 0 Å². The number of nitrogens with zero attached hydrogens (tertiary/aromatic N) is 3. The molecular weight excluding hydrogens is 1100 g/mol. The van der Waals surface area contributed by atoms with Crippen molar-refractivity contribution in [1.82, 2.24) is 14.8 Å². The SMILES string of the molecule is CCCCCCCCCCOc1cc(-c2nnc(-c3cc(OCCCCCCCCCC)c(OCCCCCCCCCC)c(OCCCCCCCCCC)c3)n2CCCCCC)cc(OCCCCCCCCCC)c1OCCCCCCCCCC. The minimum absolute atomic E-state index is 0.635. The predicted octanol–water partition coefficient (Wildman–Crippen LogP) is 26.3. The van der Waals surface area contributed by atoms with Gasteiger partial charge in [-0.15, -0.1) is 10.2 Å². The fourth-order valence-corrected chi connectivity index (χ4v) is 12.3. The van der Waals surface area contributed by atoms with Crippen LogP contribution >= 0.6 is 0 Å². The van der Waals surface area contributed by atoms with Crippen LogP contribution in [0.2, 0.25) is 0 Å². The fourth-order valence-electron chi connectivity index (χ4n) is 12.3. The third kappa shape index (κ3) is 38.9. The van der Waals surface area contributed by atoms with E-state index in [1.165, 1.54) is 257 Å². The van der Waals surface area contributed by atoms with Crippen LogP contribution in [0.15, 0.2) is 24.3 Å². The van der Waals surface area contributed by atoms with E-state index in [4.69, 9.17) is 38.6 Å². The lowest BCUT2D eigenvalue weighted by Crippen LogP contribution is -2.09. The molecule has 3 aromatic rings. The van der Waals surface area contributed by atoms with Gasteiger partial charge in [0.1, 0.15) is 0 Å². The molecule has 0 unspecified atom stereocenters. The molecule has 2 aromatic carbocycles. The second-order valence-electron chi connectivity index (χ2n) is 26.6. The van der Waals surface area contributed by atoms with Crippen LogP contribution < -0.4 is 28.4 Å². The Balaban J connectivity index is 2.17. The van der Waals surface area contributed by atoms with Gasteiger partial charge in [-0.2, -0.15) is 0 Å². The van der Waals surface area contributed by atoms with Crippen molar-refractivity contribution in [3.8, 4) is 57.3 Å². The average Bonchev–Trinajstić information content (AvgIpc) is 3.00. The highest BCUT2D eigenvalue weighted by atomic mass is 16.5. The van der Waals surface area contributed by atoms with Crippen LogP contribution in [0, 0.1) is 0 Å². The lowest BCUT2D eigenvalue weighted by molar-refractivity contribution is 0.234. The molecule has 0 atom stereocenters. The first-order valence-electron chi connectivity index (χ1n) is 39.1. The van der Waals surface area contributed by atoms with E-state index in [0.29, 0.717) is 39.6 Å². The summed E-state index contributed by atoms with van der Waals surface area (Å²) in [7, 11) is 0. The molecule has 0 spiro atoms. The van der Waals surface area contributed by atoms with E-state index in [2.05, 4.69) is 77.3 Å². The van der Waals surface area contributed by atoms with Gasteiger partial charge in [-0.05, 0) is 69.2 Å². The highest BCUT2D eigenvalue weighted by Gasteiger charge is 2.25. The van der Waals surface area contributed by atoms with Crippen LogP contribution in [0.3, 0.4) is 0 Å². The Bertz CT molecular complexity index is 1820. The van der Waals surface area contributed by atoms with E-state index >= 15 is 0 Å². The number of ether oxygens (including phenoxy) is 6. The lowest BCUT2D eigenvalue weighted by atomic mass is 10.1. The van der Waals surface area contributed by atoms with Crippen molar-refractivity contribution in [3.05, 3.63) is 24.3 Å². The molecule has 0 amide bonds. The lowest BCUT2D eigenvalue weighted by Gasteiger charge is -2.20. The van der Waals surface area contributed by atoms with Gasteiger partial charge < -0.3 is 33.0 Å². The molecule has 514 valence electrons. The van der Waals surface area contributed by atoms with Gasteiger partial charge in [-0.1, -0.05) is 337 Å². The number of aromatic nitrogens is 3. The summed E-state index contributed by atoms with van der Waals surface area (Å²) in [5.41, 5.74) is 1.89. The molecule has 0 radical (unpaired) electrons. The minimum atomic E-state index is 0.635. The van der Waals surface area contributed by atoms with Crippen molar-refractivity contribution in [1.29, 1.82) is 0 Å². The van der Waals surface area contributed by atoms with Crippen molar-refractivity contribution in [2.24, 2.45) is 0 Å². The van der Waals surface area contributed by atoms with Gasteiger partial charge in [-0.25, -0.2) is 0 Å². The molecule has 9 nitrogen and oxygen atoms in total. The molecule has 0 aliphatic heterocycles. The largest absolute Gasteiger partial charge is 0.490 e. The smallest absolute Gasteiger partial charge is 0.203 e. The molecule has 0 fully saturated rings. The van der Waals surface area contributed by atoms with Crippen molar-refractivity contribution in [2.75, 3.05) is 39.6 Å². The molecule has 0 saturated heterocycles. The highest BCUT2D eigenvalue weighted by Crippen LogP contribution is 2.45. The van der Waals surface area contributed by atoms with Crippen LogP contribution in [0.5, 0.6) is 34.5 Å². The van der Waals surface area contributed by atoms with Gasteiger partial charge in [0.05, 0.1) is 39.6 Å². The Hall–Kier alpha value is -3.62. The second-order valence-corrected chi connectivity index (χ2v) is 26.6. The molecule has 1 heterocycles. The first-order valence-corrected chi connectivity index (χ1v) is 39.1. The summed E-state index contributed by atoms with van der Waals surface area (Å²) in [5, 5.41) is 10.4. The molecule has 0 saturated carbocycles. The van der Waals surface area contributed by atoms with Crippen molar-refractivity contribution >= 4 is 0 Å². The molecule has 1 aromatic heterocycles. The molecule has 0 bridgehead atoms. The van der Waals surface area contributed by atoms with Crippen LogP contribution in [-0.4, -0.2) is 54.4 Å². The van der Waals surface area contributed by atoms with Crippen LogP contribution in [0.4, 0.5) is 0 Å². The maximum absolute atomic E-state index is 6.93. The van der Waals surface area contributed by atoms with E-state index in [1.54, 1.807) is 0 Å². The normalized spacial score (nSPS) is 11.5. The van der Waals surface area contributed by atoms with Crippen molar-refractivity contribution in [2.45, 2.75) is 389 Å². The van der Waals surface area contributed by atoms with Crippen molar-refractivity contribution < 1.29 is 28.4 Å². The molecule has 9 heteroatoms. The summed E-state index contributed by atoms with van der Waals surface area (Å²) >= 11 is 0. The summed E-state index contributed by atoms with van der Waals surface area (Å²) in [4.78, 5) is 0. The second kappa shape index (κ2) is 58.2. The highest BCUT2D eigenvalue weighted by molar-refractivity contribution is 5.71. The Morgan fingerprint density at radius 1 is 0.225 bits per heavy atom. The first kappa shape index (κ1) is 79.6. The standard InChI is InChI=1S/C80H143N3O6/c1-8-15-22-29-35-41-47-54-61-84-73-67-71(68-74(85-62-55-48-42-36-30-23-16-9-2)77(73)88-65-58-51-45-39-33-26-19-12-5)79-81-82-80(83(79)60-53-28-21-14-7)72-69-75(86-63-56-49-43-37-31-24-17-10-3)78(89-66-59-52-46-40-34-27-20-13-6)76(70-72)87-64-57-50-44-38-32-25-18-11-4/h67-70H,8-66H2,1-7H3. The molecule has 0 aliphatic carbocycles. The summed E-state index contributed by atoms with van der Waals surface area (Å²) in [5.74, 6) is 6.13. The number of unbranched alkanes of at least 4 members (excludes halogenated alkanes) is 45.